The van der Waals surface area contributed by atoms with Gasteiger partial charge in [-0.05, 0) is 32.0 Å². The minimum absolute atomic E-state index is 0.355. The standard InChI is InChI=1S/C18H20N2O3/c1-3-21-18(22-4-2)14-11-8-12-15(16(14)17(19)20-18)23-13-9-6-5-7-10-13/h5-12H,3-4H2,1-2H3,(H2,19,20). The zero-order valence-electron chi connectivity index (χ0n) is 13.3. The molecular weight excluding hydrogens is 292 g/mol. The van der Waals surface area contributed by atoms with Crippen LogP contribution in [0.5, 0.6) is 11.5 Å². The Kier molecular flexibility index (Phi) is 4.32. The van der Waals surface area contributed by atoms with Crippen molar-refractivity contribution < 1.29 is 14.2 Å². The van der Waals surface area contributed by atoms with Gasteiger partial charge in [-0.1, -0.05) is 30.3 Å². The van der Waals surface area contributed by atoms with Crippen molar-refractivity contribution in [3.05, 3.63) is 59.7 Å². The number of hydrogen-bond acceptors (Lipinski definition) is 5. The third-order valence-electron chi connectivity index (χ3n) is 3.54. The van der Waals surface area contributed by atoms with Crippen LogP contribution < -0.4 is 10.5 Å². The van der Waals surface area contributed by atoms with Crippen molar-refractivity contribution in [1.29, 1.82) is 0 Å². The number of hydrogen-bond donors (Lipinski definition) is 1. The minimum Gasteiger partial charge on any atom is -0.457 e. The number of fused-ring (bicyclic) bond motifs is 1. The summed E-state index contributed by atoms with van der Waals surface area (Å²) in [6, 6.07) is 15.2. The predicted octanol–water partition coefficient (Wildman–Crippen LogP) is 3.38. The van der Waals surface area contributed by atoms with Crippen LogP contribution in [0.25, 0.3) is 0 Å². The Hall–Kier alpha value is -2.37. The van der Waals surface area contributed by atoms with Crippen molar-refractivity contribution in [1.82, 2.24) is 0 Å². The first-order valence-electron chi connectivity index (χ1n) is 7.70. The van der Waals surface area contributed by atoms with Crippen molar-refractivity contribution in [2.45, 2.75) is 19.8 Å². The van der Waals surface area contributed by atoms with Gasteiger partial charge in [-0.15, -0.1) is 0 Å². The Balaban J connectivity index is 2.04. The molecule has 0 bridgehead atoms. The van der Waals surface area contributed by atoms with Crippen LogP contribution in [0.15, 0.2) is 53.5 Å². The zero-order valence-corrected chi connectivity index (χ0v) is 13.3. The molecule has 0 aromatic heterocycles. The molecule has 2 aromatic carbocycles. The fourth-order valence-electron chi connectivity index (χ4n) is 2.69. The van der Waals surface area contributed by atoms with E-state index >= 15 is 0 Å². The summed E-state index contributed by atoms with van der Waals surface area (Å²) in [6.07, 6.45) is 0. The fourth-order valence-corrected chi connectivity index (χ4v) is 2.69. The van der Waals surface area contributed by atoms with Crippen LogP contribution in [-0.4, -0.2) is 19.0 Å². The van der Waals surface area contributed by atoms with Crippen molar-refractivity contribution in [2.24, 2.45) is 10.7 Å². The highest BCUT2D eigenvalue weighted by Crippen LogP contribution is 2.41. The first-order valence-corrected chi connectivity index (χ1v) is 7.70. The monoisotopic (exact) mass is 312 g/mol. The van der Waals surface area contributed by atoms with Crippen LogP contribution in [0.1, 0.15) is 25.0 Å². The van der Waals surface area contributed by atoms with Gasteiger partial charge in [0.25, 0.3) is 0 Å². The molecule has 1 aliphatic heterocycles. The lowest BCUT2D eigenvalue weighted by Gasteiger charge is -2.26. The second-order valence-corrected chi connectivity index (χ2v) is 5.04. The molecule has 0 spiro atoms. The average Bonchev–Trinajstić information content (AvgIpc) is 2.83. The third kappa shape index (κ3) is 2.81. The van der Waals surface area contributed by atoms with E-state index in [1.165, 1.54) is 0 Å². The van der Waals surface area contributed by atoms with Crippen LogP contribution in [-0.2, 0) is 15.4 Å². The molecule has 3 rings (SSSR count). The highest BCUT2D eigenvalue weighted by molar-refractivity contribution is 6.04. The van der Waals surface area contributed by atoms with E-state index in [2.05, 4.69) is 4.99 Å². The van der Waals surface area contributed by atoms with Gasteiger partial charge in [0.1, 0.15) is 17.3 Å². The molecule has 0 saturated carbocycles. The second kappa shape index (κ2) is 6.40. The van der Waals surface area contributed by atoms with E-state index < -0.39 is 5.91 Å². The molecule has 0 fully saturated rings. The zero-order chi connectivity index (χ0) is 16.3. The number of amidine groups is 1. The molecular formula is C18H20N2O3. The van der Waals surface area contributed by atoms with E-state index in [-0.39, 0.29) is 0 Å². The maximum atomic E-state index is 6.15. The lowest BCUT2D eigenvalue weighted by Crippen LogP contribution is -2.29. The molecule has 5 heteroatoms. The summed E-state index contributed by atoms with van der Waals surface area (Å²) in [5.41, 5.74) is 7.64. The Bertz CT molecular complexity index is 707. The van der Waals surface area contributed by atoms with Gasteiger partial charge in [-0.25, -0.2) is 4.99 Å². The molecule has 0 radical (unpaired) electrons. The van der Waals surface area contributed by atoms with Crippen molar-refractivity contribution in [2.75, 3.05) is 13.2 Å². The molecule has 5 nitrogen and oxygen atoms in total. The summed E-state index contributed by atoms with van der Waals surface area (Å²) >= 11 is 0. The number of para-hydroxylation sites is 1. The largest absolute Gasteiger partial charge is 0.457 e. The maximum absolute atomic E-state index is 6.15. The highest BCUT2D eigenvalue weighted by Gasteiger charge is 2.43. The molecule has 0 aliphatic carbocycles. The quantitative estimate of drug-likeness (QED) is 0.830. The molecule has 1 aliphatic rings. The summed E-state index contributed by atoms with van der Waals surface area (Å²) in [4.78, 5) is 4.44. The Morgan fingerprint density at radius 2 is 1.65 bits per heavy atom. The summed E-state index contributed by atoms with van der Waals surface area (Å²) in [7, 11) is 0. The van der Waals surface area contributed by atoms with E-state index in [4.69, 9.17) is 19.9 Å². The number of nitrogens with two attached hydrogens (primary N) is 1. The Labute approximate surface area is 135 Å². The lowest BCUT2D eigenvalue weighted by molar-refractivity contribution is -0.234. The van der Waals surface area contributed by atoms with Crippen LogP contribution in [0, 0.1) is 0 Å². The normalized spacial score (nSPS) is 15.1. The van der Waals surface area contributed by atoms with Crippen molar-refractivity contribution >= 4 is 5.84 Å². The number of benzene rings is 2. The summed E-state index contributed by atoms with van der Waals surface area (Å²) in [5.74, 6) is 0.544. The maximum Gasteiger partial charge on any atom is 0.300 e. The number of ether oxygens (including phenoxy) is 3. The van der Waals surface area contributed by atoms with Gasteiger partial charge >= 0.3 is 5.91 Å². The Morgan fingerprint density at radius 1 is 0.957 bits per heavy atom. The lowest BCUT2D eigenvalue weighted by atomic mass is 10.1. The first kappa shape index (κ1) is 15.5. The SMILES string of the molecule is CCOC1(OCC)N=C(N)c2c(Oc3ccccc3)cccc21. The van der Waals surface area contributed by atoms with Crippen LogP contribution in [0.4, 0.5) is 0 Å². The first-order chi connectivity index (χ1) is 11.2. The van der Waals surface area contributed by atoms with E-state index in [9.17, 15) is 0 Å². The highest BCUT2D eigenvalue weighted by atomic mass is 16.7. The van der Waals surface area contributed by atoms with Gasteiger partial charge in [0.05, 0.1) is 11.1 Å². The molecule has 1 heterocycles. The summed E-state index contributed by atoms with van der Waals surface area (Å²) < 4.78 is 17.5. The third-order valence-corrected chi connectivity index (χ3v) is 3.54. The topological polar surface area (TPSA) is 66.1 Å². The second-order valence-electron chi connectivity index (χ2n) is 5.04. The molecule has 2 N–H and O–H groups in total. The average molecular weight is 312 g/mol. The van der Waals surface area contributed by atoms with Crippen LogP contribution >= 0.6 is 0 Å². The number of rotatable bonds is 6. The molecule has 23 heavy (non-hydrogen) atoms. The van der Waals surface area contributed by atoms with Crippen LogP contribution in [0.2, 0.25) is 0 Å². The minimum atomic E-state index is -1.18. The molecule has 2 aromatic rings. The molecule has 120 valence electrons. The van der Waals surface area contributed by atoms with E-state index in [0.29, 0.717) is 24.8 Å². The summed E-state index contributed by atoms with van der Waals surface area (Å²) in [6.45, 7) is 4.71. The van der Waals surface area contributed by atoms with E-state index in [0.717, 1.165) is 16.9 Å². The van der Waals surface area contributed by atoms with Crippen molar-refractivity contribution in [3.8, 4) is 11.5 Å². The summed E-state index contributed by atoms with van der Waals surface area (Å²) in [5, 5.41) is 0. The predicted molar refractivity (Wildman–Crippen MR) is 88.6 cm³/mol. The number of nitrogens with zero attached hydrogens (tertiary/aromatic N) is 1. The van der Waals surface area contributed by atoms with Gasteiger partial charge in [-0.2, -0.15) is 0 Å². The molecule has 0 saturated heterocycles. The Morgan fingerprint density at radius 3 is 2.30 bits per heavy atom. The fraction of sp³-hybridized carbons (Fsp3) is 0.278. The number of aliphatic imine (C=N–C) groups is 1. The van der Waals surface area contributed by atoms with Gasteiger partial charge in [0.2, 0.25) is 0 Å². The smallest absolute Gasteiger partial charge is 0.300 e. The van der Waals surface area contributed by atoms with Gasteiger partial charge < -0.3 is 19.9 Å². The molecule has 0 amide bonds. The van der Waals surface area contributed by atoms with E-state index in [1.807, 2.05) is 62.4 Å². The van der Waals surface area contributed by atoms with Gasteiger partial charge in [0, 0.05) is 13.2 Å². The van der Waals surface area contributed by atoms with Gasteiger partial charge in [0.15, 0.2) is 0 Å². The van der Waals surface area contributed by atoms with Crippen molar-refractivity contribution in [3.63, 3.8) is 0 Å². The van der Waals surface area contributed by atoms with Gasteiger partial charge in [-0.3, -0.25) is 0 Å². The molecule has 0 unspecified atom stereocenters. The van der Waals surface area contributed by atoms with E-state index in [1.54, 1.807) is 0 Å². The molecule has 0 atom stereocenters. The van der Waals surface area contributed by atoms with Crippen LogP contribution in [0.3, 0.4) is 0 Å².